The molecule has 0 spiro atoms. The van der Waals surface area contributed by atoms with Gasteiger partial charge >= 0.3 is 0 Å². The molecule has 146 valence electrons. The van der Waals surface area contributed by atoms with Crippen LogP contribution in [0.2, 0.25) is 0 Å². The number of rotatable bonds is 9. The monoisotopic (exact) mass is 376 g/mol. The Morgan fingerprint density at radius 2 is 1.29 bits per heavy atom. The lowest BCUT2D eigenvalue weighted by Gasteiger charge is -2.11. The summed E-state index contributed by atoms with van der Waals surface area (Å²) in [6.07, 6.45) is 10.0. The number of aryl methyl sites for hydroxylation is 1. The van der Waals surface area contributed by atoms with Crippen molar-refractivity contribution in [3.8, 4) is 34.0 Å². The van der Waals surface area contributed by atoms with Gasteiger partial charge in [0.05, 0.1) is 23.3 Å². The molecule has 3 rings (SSSR count). The number of unbranched alkanes of at least 4 members (excludes halogenated alkanes) is 5. The van der Waals surface area contributed by atoms with Crippen molar-refractivity contribution in [1.29, 1.82) is 0 Å². The van der Waals surface area contributed by atoms with Crippen LogP contribution >= 0.6 is 0 Å². The van der Waals surface area contributed by atoms with Crippen molar-refractivity contribution in [3.63, 3.8) is 0 Å². The quantitative estimate of drug-likeness (QED) is 0.441. The van der Waals surface area contributed by atoms with Crippen molar-refractivity contribution >= 4 is 0 Å². The lowest BCUT2D eigenvalue weighted by molar-refractivity contribution is 0.475. The third kappa shape index (κ3) is 5.32. The highest BCUT2D eigenvalue weighted by Gasteiger charge is 2.11. The molecule has 0 unspecified atom stereocenters. The van der Waals surface area contributed by atoms with E-state index in [9.17, 15) is 10.2 Å². The predicted octanol–water partition coefficient (Wildman–Crippen LogP) is 6.12. The van der Waals surface area contributed by atoms with Crippen LogP contribution in [0.1, 0.15) is 51.1 Å². The average molecular weight is 377 g/mol. The van der Waals surface area contributed by atoms with Crippen LogP contribution in [-0.4, -0.2) is 20.2 Å². The second-order valence-electron chi connectivity index (χ2n) is 7.16. The summed E-state index contributed by atoms with van der Waals surface area (Å²) in [6, 6.07) is 14.2. The normalized spacial score (nSPS) is 10.9. The molecule has 0 saturated heterocycles. The molecule has 0 fully saturated rings. The highest BCUT2D eigenvalue weighted by Crippen LogP contribution is 2.27. The minimum Gasteiger partial charge on any atom is -0.508 e. The summed E-state index contributed by atoms with van der Waals surface area (Å²) < 4.78 is 0. The Morgan fingerprint density at radius 3 is 1.93 bits per heavy atom. The van der Waals surface area contributed by atoms with Gasteiger partial charge < -0.3 is 10.2 Å². The fraction of sp³-hybridized carbons (Fsp3) is 0.333. The van der Waals surface area contributed by atoms with Crippen molar-refractivity contribution in [2.75, 3.05) is 0 Å². The maximum Gasteiger partial charge on any atom is 0.115 e. The Hall–Kier alpha value is -2.88. The van der Waals surface area contributed by atoms with Crippen molar-refractivity contribution in [3.05, 3.63) is 60.4 Å². The van der Waals surface area contributed by atoms with E-state index in [1.807, 2.05) is 24.3 Å². The number of phenols is 2. The molecule has 0 atom stereocenters. The second kappa shape index (κ2) is 9.88. The first-order valence-electron chi connectivity index (χ1n) is 10.1. The van der Waals surface area contributed by atoms with Crippen LogP contribution in [0.4, 0.5) is 0 Å². The minimum absolute atomic E-state index is 0.240. The van der Waals surface area contributed by atoms with E-state index in [4.69, 9.17) is 9.97 Å². The maximum atomic E-state index is 9.58. The molecule has 0 bridgehead atoms. The van der Waals surface area contributed by atoms with E-state index in [1.54, 1.807) is 30.5 Å². The molecule has 2 N–H and O–H groups in total. The molecule has 2 aromatic carbocycles. The van der Waals surface area contributed by atoms with Gasteiger partial charge in [0, 0.05) is 11.1 Å². The Bertz CT molecular complexity index is 874. The van der Waals surface area contributed by atoms with Crippen LogP contribution in [0.3, 0.4) is 0 Å². The van der Waals surface area contributed by atoms with Crippen molar-refractivity contribution in [1.82, 2.24) is 9.97 Å². The Balaban J connectivity index is 1.83. The topological polar surface area (TPSA) is 66.2 Å². The molecule has 1 heterocycles. The Morgan fingerprint density at radius 1 is 0.714 bits per heavy atom. The predicted molar refractivity (Wildman–Crippen MR) is 113 cm³/mol. The lowest BCUT2D eigenvalue weighted by Crippen LogP contribution is -2.00. The Labute approximate surface area is 166 Å². The van der Waals surface area contributed by atoms with Crippen molar-refractivity contribution in [2.45, 2.75) is 51.9 Å². The van der Waals surface area contributed by atoms with E-state index in [0.29, 0.717) is 0 Å². The maximum absolute atomic E-state index is 9.58. The number of nitrogens with zero attached hydrogens (tertiary/aromatic N) is 2. The van der Waals surface area contributed by atoms with E-state index in [1.165, 1.54) is 32.1 Å². The van der Waals surface area contributed by atoms with Gasteiger partial charge in [-0.2, -0.15) is 0 Å². The van der Waals surface area contributed by atoms with Gasteiger partial charge in [-0.05, 0) is 61.4 Å². The molecule has 4 nitrogen and oxygen atoms in total. The van der Waals surface area contributed by atoms with Crippen molar-refractivity contribution in [2.24, 2.45) is 0 Å². The molecular weight excluding hydrogens is 348 g/mol. The van der Waals surface area contributed by atoms with E-state index in [0.717, 1.165) is 41.1 Å². The molecule has 0 aliphatic heterocycles. The number of hydrogen-bond acceptors (Lipinski definition) is 4. The third-order valence-electron chi connectivity index (χ3n) is 4.92. The van der Waals surface area contributed by atoms with Crippen LogP contribution in [-0.2, 0) is 6.42 Å². The fourth-order valence-corrected chi connectivity index (χ4v) is 3.31. The molecule has 0 radical (unpaired) electrons. The van der Waals surface area contributed by atoms with Gasteiger partial charge in [-0.25, -0.2) is 4.98 Å². The molecule has 4 heteroatoms. The number of aromatic nitrogens is 2. The molecular formula is C24H28N2O2. The first-order chi connectivity index (χ1) is 13.7. The summed E-state index contributed by atoms with van der Waals surface area (Å²) in [6.45, 7) is 2.23. The number of phenolic OH excluding ortho intramolecular Hbond substituents is 2. The van der Waals surface area contributed by atoms with Crippen LogP contribution in [0.25, 0.3) is 22.5 Å². The summed E-state index contributed by atoms with van der Waals surface area (Å²) in [5.74, 6) is 0.486. The fourth-order valence-electron chi connectivity index (χ4n) is 3.31. The molecule has 28 heavy (non-hydrogen) atoms. The number of hydrogen-bond donors (Lipinski definition) is 2. The van der Waals surface area contributed by atoms with Gasteiger partial charge in [-0.3, -0.25) is 4.98 Å². The van der Waals surface area contributed by atoms with Gasteiger partial charge in [0.15, 0.2) is 0 Å². The van der Waals surface area contributed by atoms with Crippen LogP contribution < -0.4 is 0 Å². The first-order valence-corrected chi connectivity index (χ1v) is 10.1. The van der Waals surface area contributed by atoms with Crippen LogP contribution in [0.5, 0.6) is 11.5 Å². The van der Waals surface area contributed by atoms with Gasteiger partial charge in [0.1, 0.15) is 11.5 Å². The molecule has 3 aromatic rings. The lowest BCUT2D eigenvalue weighted by atomic mass is 10.0. The summed E-state index contributed by atoms with van der Waals surface area (Å²) in [5, 5.41) is 19.1. The summed E-state index contributed by atoms with van der Waals surface area (Å²) >= 11 is 0. The van der Waals surface area contributed by atoms with E-state index in [2.05, 4.69) is 6.92 Å². The highest BCUT2D eigenvalue weighted by molar-refractivity contribution is 5.66. The highest BCUT2D eigenvalue weighted by atomic mass is 16.3. The summed E-state index contributed by atoms with van der Waals surface area (Å²) in [7, 11) is 0. The smallest absolute Gasteiger partial charge is 0.115 e. The zero-order valence-electron chi connectivity index (χ0n) is 16.4. The van der Waals surface area contributed by atoms with Gasteiger partial charge in [0.25, 0.3) is 0 Å². The molecule has 0 amide bonds. The molecule has 0 aliphatic carbocycles. The van der Waals surface area contributed by atoms with Gasteiger partial charge in [-0.1, -0.05) is 39.0 Å². The van der Waals surface area contributed by atoms with Crippen LogP contribution in [0.15, 0.2) is 54.7 Å². The number of benzene rings is 2. The van der Waals surface area contributed by atoms with E-state index < -0.39 is 0 Å². The Kier molecular flexibility index (Phi) is 7.01. The molecule has 0 aliphatic rings. The molecule has 1 aromatic heterocycles. The second-order valence-corrected chi connectivity index (χ2v) is 7.16. The SMILES string of the molecule is CCCCCCCCc1nc(-c2ccc(O)cc2)cnc1-c1ccc(O)cc1. The third-order valence-corrected chi connectivity index (χ3v) is 4.92. The summed E-state index contributed by atoms with van der Waals surface area (Å²) in [5.41, 5.74) is 4.56. The van der Waals surface area contributed by atoms with Crippen molar-refractivity contribution < 1.29 is 10.2 Å². The minimum atomic E-state index is 0.240. The standard InChI is InChI=1S/C24H28N2O2/c1-2-3-4-5-6-7-8-22-24(19-11-15-21(28)16-12-19)25-17-23(26-22)18-9-13-20(27)14-10-18/h9-17,27-28H,2-8H2,1H3. The zero-order chi connectivity index (χ0) is 19.8. The van der Waals surface area contributed by atoms with E-state index in [-0.39, 0.29) is 11.5 Å². The average Bonchev–Trinajstić information content (AvgIpc) is 2.72. The molecule has 0 saturated carbocycles. The summed E-state index contributed by atoms with van der Waals surface area (Å²) in [4.78, 5) is 9.60. The van der Waals surface area contributed by atoms with Crippen LogP contribution in [0, 0.1) is 0 Å². The largest absolute Gasteiger partial charge is 0.508 e. The van der Waals surface area contributed by atoms with Gasteiger partial charge in [0.2, 0.25) is 0 Å². The van der Waals surface area contributed by atoms with Gasteiger partial charge in [-0.15, -0.1) is 0 Å². The number of aromatic hydroxyl groups is 2. The first kappa shape index (κ1) is 19.9. The zero-order valence-corrected chi connectivity index (χ0v) is 16.4. The van der Waals surface area contributed by atoms with E-state index >= 15 is 0 Å².